The summed E-state index contributed by atoms with van der Waals surface area (Å²) in [6.45, 7) is 4.48. The van der Waals surface area contributed by atoms with Gasteiger partial charge in [0.05, 0.1) is 6.61 Å². The Hall–Kier alpha value is -1.09. The number of carbonyl (C=O) groups is 1. The summed E-state index contributed by atoms with van der Waals surface area (Å²) in [7, 11) is -5.83. The van der Waals surface area contributed by atoms with Crippen LogP contribution in [0, 0.1) is 0 Å². The molecular formula is C8H11F3O5S. The van der Waals surface area contributed by atoms with E-state index in [-0.39, 0.29) is 6.61 Å². The fraction of sp³-hybridized carbons (Fsp3) is 0.625. The van der Waals surface area contributed by atoms with Crippen molar-refractivity contribution in [3.63, 3.8) is 0 Å². The lowest BCUT2D eigenvalue weighted by Gasteiger charge is -2.15. The first-order valence-electron chi connectivity index (χ1n) is 4.42. The van der Waals surface area contributed by atoms with Crippen LogP contribution in [0.3, 0.4) is 0 Å². The van der Waals surface area contributed by atoms with E-state index in [1.165, 1.54) is 6.92 Å². The summed E-state index contributed by atoms with van der Waals surface area (Å²) in [6, 6.07) is 0. The Morgan fingerprint density at radius 2 is 2.00 bits per heavy atom. The molecule has 0 aromatic rings. The average Bonchev–Trinajstić information content (AvgIpc) is 2.15. The van der Waals surface area contributed by atoms with Gasteiger partial charge in [-0.3, -0.25) is 0 Å². The van der Waals surface area contributed by atoms with Crippen molar-refractivity contribution >= 4 is 16.1 Å². The summed E-state index contributed by atoms with van der Waals surface area (Å²) in [4.78, 5) is 11.1. The van der Waals surface area contributed by atoms with Gasteiger partial charge < -0.3 is 4.74 Å². The van der Waals surface area contributed by atoms with E-state index in [1.807, 2.05) is 0 Å². The fourth-order valence-electron chi connectivity index (χ4n) is 0.769. The maximum atomic E-state index is 12.0. The van der Waals surface area contributed by atoms with E-state index in [0.29, 0.717) is 0 Å². The number of hydrogen-bond acceptors (Lipinski definition) is 5. The highest BCUT2D eigenvalue weighted by molar-refractivity contribution is 7.87. The van der Waals surface area contributed by atoms with Crippen LogP contribution in [0.25, 0.3) is 0 Å². The van der Waals surface area contributed by atoms with Gasteiger partial charge in [-0.25, -0.2) is 8.98 Å². The maximum absolute atomic E-state index is 12.0. The highest BCUT2D eigenvalue weighted by Crippen LogP contribution is 2.26. The molecule has 0 aliphatic carbocycles. The number of halogens is 3. The zero-order valence-electron chi connectivity index (χ0n) is 8.86. The van der Waals surface area contributed by atoms with Crippen molar-refractivity contribution < 1.29 is 35.3 Å². The Morgan fingerprint density at radius 3 is 2.35 bits per heavy atom. The minimum absolute atomic E-state index is 0.109. The zero-order chi connectivity index (χ0) is 13.7. The topological polar surface area (TPSA) is 69.7 Å². The molecule has 0 amide bonds. The minimum atomic E-state index is -5.83. The first kappa shape index (κ1) is 15.9. The van der Waals surface area contributed by atoms with Crippen LogP contribution >= 0.6 is 0 Å². The summed E-state index contributed by atoms with van der Waals surface area (Å²) in [6.07, 6.45) is -1.24. The SMILES string of the molecule is C=CC[C@@H](OS(=O)(=O)C(F)(F)F)C(=O)OCC. The van der Waals surface area contributed by atoms with Crippen molar-refractivity contribution in [3.05, 3.63) is 12.7 Å². The highest BCUT2D eigenvalue weighted by Gasteiger charge is 2.49. The predicted molar refractivity (Wildman–Crippen MR) is 51.3 cm³/mol. The smallest absolute Gasteiger partial charge is 0.464 e. The van der Waals surface area contributed by atoms with E-state index in [9.17, 15) is 26.4 Å². The number of rotatable bonds is 6. The van der Waals surface area contributed by atoms with Gasteiger partial charge in [-0.15, -0.1) is 6.58 Å². The number of alkyl halides is 3. The van der Waals surface area contributed by atoms with E-state index < -0.39 is 34.1 Å². The van der Waals surface area contributed by atoms with Crippen molar-refractivity contribution in [2.75, 3.05) is 6.61 Å². The molecule has 0 aromatic heterocycles. The molecule has 0 aliphatic heterocycles. The van der Waals surface area contributed by atoms with Crippen molar-refractivity contribution in [2.45, 2.75) is 25.0 Å². The molecule has 0 fully saturated rings. The van der Waals surface area contributed by atoms with Gasteiger partial charge in [0, 0.05) is 6.42 Å². The summed E-state index contributed by atoms with van der Waals surface area (Å²) < 4.78 is 65.4. The van der Waals surface area contributed by atoms with Gasteiger partial charge in [-0.2, -0.15) is 21.6 Å². The minimum Gasteiger partial charge on any atom is -0.464 e. The Labute approximate surface area is 96.3 Å². The van der Waals surface area contributed by atoms with Crippen LogP contribution in [0.2, 0.25) is 0 Å². The second kappa shape index (κ2) is 6.01. The summed E-state index contributed by atoms with van der Waals surface area (Å²) in [5, 5.41) is 0. The zero-order valence-corrected chi connectivity index (χ0v) is 9.68. The number of ether oxygens (including phenoxy) is 1. The molecule has 17 heavy (non-hydrogen) atoms. The number of hydrogen-bond donors (Lipinski definition) is 0. The summed E-state index contributed by atoms with van der Waals surface area (Å²) in [5.74, 6) is -1.19. The standard InChI is InChI=1S/C8H11F3O5S/c1-3-5-6(7(12)15-4-2)16-17(13,14)8(9,10)11/h3,6H,1,4-5H2,2H3/t6-/m1/s1. The van der Waals surface area contributed by atoms with Gasteiger partial charge in [0.25, 0.3) is 0 Å². The number of esters is 1. The molecule has 100 valence electrons. The molecule has 9 heteroatoms. The van der Waals surface area contributed by atoms with Crippen molar-refractivity contribution in [1.29, 1.82) is 0 Å². The third kappa shape index (κ3) is 4.73. The summed E-state index contributed by atoms with van der Waals surface area (Å²) >= 11 is 0. The summed E-state index contributed by atoms with van der Waals surface area (Å²) in [5.41, 5.74) is -5.58. The second-order valence-electron chi connectivity index (χ2n) is 2.76. The Morgan fingerprint density at radius 1 is 1.47 bits per heavy atom. The molecule has 0 radical (unpaired) electrons. The van der Waals surface area contributed by atoms with Gasteiger partial charge in [0.2, 0.25) is 0 Å². The lowest BCUT2D eigenvalue weighted by molar-refractivity contribution is -0.151. The molecule has 0 unspecified atom stereocenters. The lowest BCUT2D eigenvalue weighted by Crippen LogP contribution is -2.34. The Kier molecular flexibility index (Phi) is 5.62. The largest absolute Gasteiger partial charge is 0.523 e. The van der Waals surface area contributed by atoms with Crippen LogP contribution in [0.1, 0.15) is 13.3 Å². The molecule has 0 bridgehead atoms. The molecule has 0 saturated heterocycles. The molecular weight excluding hydrogens is 265 g/mol. The first-order chi connectivity index (χ1) is 7.65. The lowest BCUT2D eigenvalue weighted by atomic mass is 10.2. The molecule has 1 atom stereocenters. The molecule has 0 saturated carbocycles. The third-order valence-electron chi connectivity index (χ3n) is 1.46. The maximum Gasteiger partial charge on any atom is 0.523 e. The van der Waals surface area contributed by atoms with Gasteiger partial charge in [-0.1, -0.05) is 6.08 Å². The van der Waals surface area contributed by atoms with Gasteiger partial charge in [0.1, 0.15) is 0 Å². The van der Waals surface area contributed by atoms with Gasteiger partial charge in [-0.05, 0) is 6.92 Å². The van der Waals surface area contributed by atoms with E-state index >= 15 is 0 Å². The van der Waals surface area contributed by atoms with Gasteiger partial charge in [0.15, 0.2) is 6.10 Å². The second-order valence-corrected chi connectivity index (χ2v) is 4.32. The van der Waals surface area contributed by atoms with Crippen LogP contribution in [0.15, 0.2) is 12.7 Å². The molecule has 0 spiro atoms. The quantitative estimate of drug-likeness (QED) is 0.317. The molecule has 0 rings (SSSR count). The van der Waals surface area contributed by atoms with Crippen molar-refractivity contribution in [2.24, 2.45) is 0 Å². The van der Waals surface area contributed by atoms with E-state index in [1.54, 1.807) is 0 Å². The highest BCUT2D eigenvalue weighted by atomic mass is 32.2. The fourth-order valence-corrected chi connectivity index (χ4v) is 1.34. The van der Waals surface area contributed by atoms with E-state index in [0.717, 1.165) is 6.08 Å². The van der Waals surface area contributed by atoms with Crippen molar-refractivity contribution in [3.8, 4) is 0 Å². The van der Waals surface area contributed by atoms with Crippen LogP contribution in [0.5, 0.6) is 0 Å². The van der Waals surface area contributed by atoms with Crippen LogP contribution in [-0.2, 0) is 23.8 Å². The molecule has 5 nitrogen and oxygen atoms in total. The average molecular weight is 276 g/mol. The normalized spacial score (nSPS) is 14.1. The van der Waals surface area contributed by atoms with Crippen LogP contribution in [0.4, 0.5) is 13.2 Å². The Bertz CT molecular complexity index is 373. The third-order valence-corrected chi connectivity index (χ3v) is 2.51. The van der Waals surface area contributed by atoms with Crippen LogP contribution in [-0.4, -0.2) is 32.6 Å². The van der Waals surface area contributed by atoms with E-state index in [2.05, 4.69) is 15.5 Å². The van der Waals surface area contributed by atoms with Crippen LogP contribution < -0.4 is 0 Å². The first-order valence-corrected chi connectivity index (χ1v) is 5.83. The molecule has 0 N–H and O–H groups in total. The molecule has 0 aromatic carbocycles. The number of carbonyl (C=O) groups excluding carboxylic acids is 1. The predicted octanol–water partition coefficient (Wildman–Crippen LogP) is 1.36. The van der Waals surface area contributed by atoms with Gasteiger partial charge >= 0.3 is 21.6 Å². The van der Waals surface area contributed by atoms with E-state index in [4.69, 9.17) is 0 Å². The van der Waals surface area contributed by atoms with Crippen molar-refractivity contribution in [1.82, 2.24) is 0 Å². The Balaban J connectivity index is 4.89. The monoisotopic (exact) mass is 276 g/mol. The molecule has 0 aliphatic rings. The molecule has 0 heterocycles.